The largest absolute Gasteiger partial charge is 0.309 e. The van der Waals surface area contributed by atoms with E-state index in [1.54, 1.807) is 0 Å². The minimum atomic E-state index is -0.395. The van der Waals surface area contributed by atoms with Gasteiger partial charge in [-0.1, -0.05) is 131 Å². The van der Waals surface area contributed by atoms with Crippen molar-refractivity contribution in [2.45, 2.75) is 38.5 Å². The van der Waals surface area contributed by atoms with Gasteiger partial charge < -0.3 is 4.90 Å². The Hall–Kier alpha value is -6.32. The van der Waals surface area contributed by atoms with Gasteiger partial charge in [0.05, 0.1) is 11.3 Å². The lowest BCUT2D eigenvalue weighted by Gasteiger charge is -2.48. The van der Waals surface area contributed by atoms with Gasteiger partial charge in [0.2, 0.25) is 0 Å². The van der Waals surface area contributed by atoms with E-state index in [-0.39, 0.29) is 22.6 Å². The molecule has 1 aliphatic carbocycles. The smallest absolute Gasteiger partial charge is 0.197 e. The Kier molecular flexibility index (Phi) is 6.57. The molecule has 0 saturated heterocycles. The highest BCUT2D eigenvalue weighted by atomic mass is 16.2. The molecule has 0 N–H and O–H groups in total. The quantitative estimate of drug-likeness (QED) is 0.103. The summed E-state index contributed by atoms with van der Waals surface area (Å²) in [6.45, 7) is 9.37. The van der Waals surface area contributed by atoms with Gasteiger partial charge in [-0.15, -0.1) is 0 Å². The number of hydrogen-bond donors (Lipinski definition) is 0. The molecule has 254 valence electrons. The van der Waals surface area contributed by atoms with Crippen molar-refractivity contribution >= 4 is 77.8 Å². The summed E-state index contributed by atoms with van der Waals surface area (Å²) in [5.41, 5.74) is 7.01. The molecule has 0 bridgehead atoms. The molecule has 1 heterocycles. The second-order valence-electron chi connectivity index (χ2n) is 15.7. The van der Waals surface area contributed by atoms with Gasteiger partial charge in [-0.05, 0) is 103 Å². The zero-order valence-corrected chi connectivity index (χ0v) is 30.2. The molecule has 8 aromatic carbocycles. The molecule has 53 heavy (non-hydrogen) atoms. The number of carbonyl (C=O) groups excluding carboxylic acids is 2. The highest BCUT2D eigenvalue weighted by molar-refractivity contribution is 6.42. The first-order valence-corrected chi connectivity index (χ1v) is 18.3. The van der Waals surface area contributed by atoms with Crippen LogP contribution in [0.4, 0.5) is 17.1 Å². The number of allylic oxidation sites excluding steroid dienone is 1. The molecule has 0 amide bonds. The number of ketones is 2. The molecule has 0 aromatic heterocycles. The first-order valence-electron chi connectivity index (χ1n) is 18.3. The minimum Gasteiger partial charge on any atom is -0.309 e. The van der Waals surface area contributed by atoms with E-state index in [9.17, 15) is 9.59 Å². The topological polar surface area (TPSA) is 37.4 Å². The van der Waals surface area contributed by atoms with Gasteiger partial charge >= 0.3 is 0 Å². The molecule has 3 nitrogen and oxygen atoms in total. The molecule has 8 aromatic rings. The van der Waals surface area contributed by atoms with E-state index in [1.807, 2.05) is 42.5 Å². The van der Waals surface area contributed by atoms with E-state index in [2.05, 4.69) is 142 Å². The molecule has 0 atom stereocenters. The Morgan fingerprint density at radius 3 is 1.77 bits per heavy atom. The van der Waals surface area contributed by atoms with Crippen LogP contribution in [0.3, 0.4) is 0 Å². The number of fused-ring (bicyclic) bond motifs is 6. The second kappa shape index (κ2) is 11.1. The number of anilines is 3. The van der Waals surface area contributed by atoms with Gasteiger partial charge in [-0.3, -0.25) is 9.59 Å². The molecule has 1 aliphatic heterocycles. The molecule has 3 heteroatoms. The van der Waals surface area contributed by atoms with Crippen molar-refractivity contribution in [3.05, 3.63) is 179 Å². The zero-order valence-electron chi connectivity index (χ0n) is 30.2. The molecule has 0 saturated carbocycles. The Morgan fingerprint density at radius 2 is 1.08 bits per heavy atom. The molecule has 0 spiro atoms. The maximum atomic E-state index is 13.9. The van der Waals surface area contributed by atoms with Crippen molar-refractivity contribution in [2.24, 2.45) is 0 Å². The summed E-state index contributed by atoms with van der Waals surface area (Å²) in [7, 11) is 0. The zero-order chi connectivity index (χ0) is 36.2. The molecule has 0 fully saturated rings. The standard InChI is InChI=1S/C50H37NO2/c1-49(2)42-19-11-17-36-26-35-16-9-10-18-38(35)46(45(36)42)51(37-22-21-31-12-5-6-13-32(31)27-37)44-23-20-30(25-43(44)50(49,3)4)24-41-47(52)39-28-33-14-7-8-15-34(33)29-40(39)48(41)53/h5-29H,1-4H3. The van der Waals surface area contributed by atoms with Crippen LogP contribution in [0.5, 0.6) is 0 Å². The third kappa shape index (κ3) is 4.47. The lowest BCUT2D eigenvalue weighted by atomic mass is 9.59. The van der Waals surface area contributed by atoms with E-state index in [4.69, 9.17) is 0 Å². The first kappa shape index (κ1) is 31.4. The van der Waals surface area contributed by atoms with Crippen LogP contribution in [0.1, 0.15) is 65.1 Å². The highest BCUT2D eigenvalue weighted by Crippen LogP contribution is 2.56. The van der Waals surface area contributed by atoms with Crippen LogP contribution >= 0.6 is 0 Å². The summed E-state index contributed by atoms with van der Waals surface area (Å²) in [6.07, 6.45) is 1.81. The van der Waals surface area contributed by atoms with Crippen molar-refractivity contribution in [3.8, 4) is 0 Å². The predicted octanol–water partition coefficient (Wildman–Crippen LogP) is 12.8. The average molecular weight is 684 g/mol. The lowest BCUT2D eigenvalue weighted by Crippen LogP contribution is -2.42. The van der Waals surface area contributed by atoms with E-state index < -0.39 is 5.41 Å². The number of Topliss-reactive ketones (excluding diaryl/α,β-unsaturated/α-hetero) is 2. The summed E-state index contributed by atoms with van der Waals surface area (Å²) < 4.78 is 0. The third-order valence-electron chi connectivity index (χ3n) is 12.4. The van der Waals surface area contributed by atoms with Gasteiger partial charge in [-0.2, -0.15) is 0 Å². The molecule has 0 radical (unpaired) electrons. The molecule has 10 rings (SSSR count). The summed E-state index contributed by atoms with van der Waals surface area (Å²) in [6, 6.07) is 51.1. The molecule has 0 unspecified atom stereocenters. The van der Waals surface area contributed by atoms with Crippen LogP contribution in [0.25, 0.3) is 49.2 Å². The Bertz CT molecular complexity index is 2890. The molecular weight excluding hydrogens is 647 g/mol. The monoisotopic (exact) mass is 683 g/mol. The summed E-state index contributed by atoms with van der Waals surface area (Å²) in [5.74, 6) is -0.432. The van der Waals surface area contributed by atoms with Crippen LogP contribution in [0, 0.1) is 0 Å². The number of nitrogens with zero attached hydrogens (tertiary/aromatic N) is 1. The van der Waals surface area contributed by atoms with E-state index in [0.717, 1.165) is 39.0 Å². The van der Waals surface area contributed by atoms with Gasteiger partial charge in [0.25, 0.3) is 0 Å². The van der Waals surface area contributed by atoms with Crippen LogP contribution < -0.4 is 4.90 Å². The van der Waals surface area contributed by atoms with Gasteiger partial charge in [0.15, 0.2) is 11.6 Å². The van der Waals surface area contributed by atoms with Crippen molar-refractivity contribution in [3.63, 3.8) is 0 Å². The van der Waals surface area contributed by atoms with Crippen molar-refractivity contribution in [1.29, 1.82) is 0 Å². The van der Waals surface area contributed by atoms with Gasteiger partial charge in [0, 0.05) is 38.7 Å². The summed E-state index contributed by atoms with van der Waals surface area (Å²) >= 11 is 0. The first-order chi connectivity index (χ1) is 25.6. The maximum Gasteiger partial charge on any atom is 0.197 e. The van der Waals surface area contributed by atoms with Crippen LogP contribution in [-0.2, 0) is 10.8 Å². The second-order valence-corrected chi connectivity index (χ2v) is 15.7. The summed E-state index contributed by atoms with van der Waals surface area (Å²) in [5, 5.41) is 9.10. The van der Waals surface area contributed by atoms with Crippen LogP contribution in [-0.4, -0.2) is 11.6 Å². The summed E-state index contributed by atoms with van der Waals surface area (Å²) in [4.78, 5) is 30.2. The van der Waals surface area contributed by atoms with Crippen LogP contribution in [0.2, 0.25) is 0 Å². The fourth-order valence-electron chi connectivity index (χ4n) is 8.87. The third-order valence-corrected chi connectivity index (χ3v) is 12.4. The molecular formula is C50H37NO2. The van der Waals surface area contributed by atoms with Crippen molar-refractivity contribution in [2.75, 3.05) is 4.90 Å². The van der Waals surface area contributed by atoms with E-state index in [0.29, 0.717) is 11.1 Å². The Labute approximate surface area is 308 Å². The van der Waals surface area contributed by atoms with Crippen LogP contribution in [0.15, 0.2) is 151 Å². The normalized spacial score (nSPS) is 15.8. The SMILES string of the molecule is CC1(C)c2cc(C=C3C(=O)c4cc5ccccc5cc4C3=O)ccc2N(c2ccc3ccccc3c2)c2c3ccccc3cc3cccc(c23)C1(C)C. The van der Waals surface area contributed by atoms with Gasteiger partial charge in [-0.25, -0.2) is 0 Å². The maximum absolute atomic E-state index is 13.9. The fourth-order valence-corrected chi connectivity index (χ4v) is 8.87. The Morgan fingerprint density at radius 1 is 0.491 bits per heavy atom. The highest BCUT2D eigenvalue weighted by Gasteiger charge is 2.45. The fraction of sp³-hybridized carbons (Fsp3) is 0.120. The minimum absolute atomic E-state index is 0.214. The van der Waals surface area contributed by atoms with E-state index >= 15 is 0 Å². The number of benzene rings is 8. The Balaban J connectivity index is 1.26. The van der Waals surface area contributed by atoms with Gasteiger partial charge in [0.1, 0.15) is 0 Å². The van der Waals surface area contributed by atoms with Crippen molar-refractivity contribution < 1.29 is 9.59 Å². The lowest BCUT2D eigenvalue weighted by molar-refractivity contribution is 0.0990. The number of rotatable bonds is 2. The number of hydrogen-bond acceptors (Lipinski definition) is 3. The molecule has 2 aliphatic rings. The van der Waals surface area contributed by atoms with Crippen molar-refractivity contribution in [1.82, 2.24) is 0 Å². The van der Waals surface area contributed by atoms with E-state index in [1.165, 1.54) is 37.9 Å². The number of carbonyl (C=O) groups is 2. The predicted molar refractivity (Wildman–Crippen MR) is 220 cm³/mol. The average Bonchev–Trinajstić information content (AvgIpc) is 3.40.